The normalized spacial score (nSPS) is 12.9. The number of rotatable bonds is 4. The maximum atomic E-state index is 13.4. The van der Waals surface area contributed by atoms with Crippen LogP contribution in [0.25, 0.3) is 0 Å². The summed E-state index contributed by atoms with van der Waals surface area (Å²) in [5.41, 5.74) is 0.558. The van der Waals surface area contributed by atoms with E-state index < -0.39 is 0 Å². The summed E-state index contributed by atoms with van der Waals surface area (Å²) in [5, 5.41) is 3.69. The van der Waals surface area contributed by atoms with Crippen molar-refractivity contribution in [2.75, 3.05) is 6.54 Å². The van der Waals surface area contributed by atoms with Crippen LogP contribution in [0, 0.1) is 5.82 Å². The van der Waals surface area contributed by atoms with Gasteiger partial charge in [0.1, 0.15) is 5.82 Å². The van der Waals surface area contributed by atoms with Crippen molar-refractivity contribution < 1.29 is 4.39 Å². The molecular formula is C11H15ClFN. The van der Waals surface area contributed by atoms with Crippen LogP contribution in [0.1, 0.15) is 31.9 Å². The van der Waals surface area contributed by atoms with Crippen molar-refractivity contribution in [3.05, 3.63) is 34.6 Å². The Hall–Kier alpha value is -0.600. The van der Waals surface area contributed by atoms with Crippen LogP contribution < -0.4 is 5.32 Å². The van der Waals surface area contributed by atoms with Gasteiger partial charge >= 0.3 is 0 Å². The van der Waals surface area contributed by atoms with Gasteiger partial charge < -0.3 is 5.32 Å². The molecule has 0 bridgehead atoms. The van der Waals surface area contributed by atoms with E-state index in [1.807, 2.05) is 6.92 Å². The first-order chi connectivity index (χ1) is 6.66. The number of hydrogen-bond donors (Lipinski definition) is 1. The standard InChI is InChI=1S/C11H15ClFN/c1-3-7-14-8(2)11-9(12)5-4-6-10(11)13/h4-6,8,14H,3,7H2,1-2H3. The van der Waals surface area contributed by atoms with Crippen LogP contribution in [-0.4, -0.2) is 6.54 Å². The first kappa shape index (κ1) is 11.5. The minimum absolute atomic E-state index is 0.0383. The zero-order valence-electron chi connectivity index (χ0n) is 8.48. The summed E-state index contributed by atoms with van der Waals surface area (Å²) in [7, 11) is 0. The van der Waals surface area contributed by atoms with Gasteiger partial charge in [0, 0.05) is 16.6 Å². The monoisotopic (exact) mass is 215 g/mol. The van der Waals surface area contributed by atoms with Crippen LogP contribution in [0.5, 0.6) is 0 Å². The smallest absolute Gasteiger partial charge is 0.129 e. The molecule has 1 aromatic carbocycles. The van der Waals surface area contributed by atoms with Crippen LogP contribution >= 0.6 is 11.6 Å². The second-order valence-corrected chi connectivity index (χ2v) is 3.72. The average molecular weight is 216 g/mol. The fourth-order valence-corrected chi connectivity index (χ4v) is 1.71. The molecule has 1 atom stereocenters. The van der Waals surface area contributed by atoms with Gasteiger partial charge in [0.2, 0.25) is 0 Å². The number of halogens is 2. The van der Waals surface area contributed by atoms with Crippen molar-refractivity contribution in [1.82, 2.24) is 5.32 Å². The van der Waals surface area contributed by atoms with E-state index in [0.717, 1.165) is 13.0 Å². The molecule has 0 saturated carbocycles. The minimum atomic E-state index is -0.242. The van der Waals surface area contributed by atoms with Gasteiger partial charge in [0.05, 0.1) is 0 Å². The van der Waals surface area contributed by atoms with Crippen molar-refractivity contribution in [2.45, 2.75) is 26.3 Å². The lowest BCUT2D eigenvalue weighted by Gasteiger charge is -2.15. The zero-order valence-corrected chi connectivity index (χ0v) is 9.24. The third-order valence-corrected chi connectivity index (χ3v) is 2.46. The van der Waals surface area contributed by atoms with E-state index in [1.165, 1.54) is 6.07 Å². The zero-order chi connectivity index (χ0) is 10.6. The summed E-state index contributed by atoms with van der Waals surface area (Å²) >= 11 is 5.92. The Morgan fingerprint density at radius 2 is 2.21 bits per heavy atom. The highest BCUT2D eigenvalue weighted by atomic mass is 35.5. The highest BCUT2D eigenvalue weighted by Crippen LogP contribution is 2.25. The molecule has 0 aliphatic heterocycles. The third-order valence-electron chi connectivity index (χ3n) is 2.13. The van der Waals surface area contributed by atoms with Crippen LogP contribution in [0.3, 0.4) is 0 Å². The van der Waals surface area contributed by atoms with Crippen LogP contribution in [0.2, 0.25) is 5.02 Å². The van der Waals surface area contributed by atoms with Gasteiger partial charge in [-0.2, -0.15) is 0 Å². The summed E-state index contributed by atoms with van der Waals surface area (Å²) in [6.07, 6.45) is 1.02. The van der Waals surface area contributed by atoms with Crippen molar-refractivity contribution in [2.24, 2.45) is 0 Å². The molecule has 0 saturated heterocycles. The van der Waals surface area contributed by atoms with E-state index in [2.05, 4.69) is 12.2 Å². The highest BCUT2D eigenvalue weighted by molar-refractivity contribution is 6.31. The van der Waals surface area contributed by atoms with Crippen LogP contribution in [-0.2, 0) is 0 Å². The SMILES string of the molecule is CCCNC(C)c1c(F)cccc1Cl. The molecular weight excluding hydrogens is 201 g/mol. The van der Waals surface area contributed by atoms with Gasteiger partial charge in [-0.3, -0.25) is 0 Å². The summed E-state index contributed by atoms with van der Waals surface area (Å²) in [6, 6.07) is 4.73. The Morgan fingerprint density at radius 3 is 2.79 bits per heavy atom. The fourth-order valence-electron chi connectivity index (χ4n) is 1.39. The molecule has 0 spiro atoms. The largest absolute Gasteiger partial charge is 0.310 e. The van der Waals surface area contributed by atoms with Gasteiger partial charge in [0.25, 0.3) is 0 Å². The first-order valence-corrected chi connectivity index (χ1v) is 5.22. The Morgan fingerprint density at radius 1 is 1.50 bits per heavy atom. The Balaban J connectivity index is 2.82. The first-order valence-electron chi connectivity index (χ1n) is 4.84. The van der Waals surface area contributed by atoms with Crippen LogP contribution in [0.15, 0.2) is 18.2 Å². The lowest BCUT2D eigenvalue weighted by molar-refractivity contribution is 0.528. The molecule has 1 unspecified atom stereocenters. The summed E-state index contributed by atoms with van der Waals surface area (Å²) < 4.78 is 13.4. The van der Waals surface area contributed by atoms with E-state index in [4.69, 9.17) is 11.6 Å². The molecule has 0 aromatic heterocycles. The summed E-state index contributed by atoms with van der Waals surface area (Å²) in [5.74, 6) is -0.242. The summed E-state index contributed by atoms with van der Waals surface area (Å²) in [4.78, 5) is 0. The van der Waals surface area contributed by atoms with Crippen molar-refractivity contribution >= 4 is 11.6 Å². The van der Waals surface area contributed by atoms with Gasteiger partial charge in [-0.1, -0.05) is 24.6 Å². The quantitative estimate of drug-likeness (QED) is 0.810. The molecule has 0 aliphatic carbocycles. The van der Waals surface area contributed by atoms with Gasteiger partial charge in [0.15, 0.2) is 0 Å². The molecule has 0 heterocycles. The lowest BCUT2D eigenvalue weighted by Crippen LogP contribution is -2.20. The minimum Gasteiger partial charge on any atom is -0.310 e. The molecule has 0 amide bonds. The van der Waals surface area contributed by atoms with Crippen LogP contribution in [0.4, 0.5) is 4.39 Å². The molecule has 0 fully saturated rings. The summed E-state index contributed by atoms with van der Waals surface area (Å²) in [6.45, 7) is 4.86. The van der Waals surface area contributed by atoms with Crippen molar-refractivity contribution in [3.8, 4) is 0 Å². The molecule has 1 nitrogen and oxygen atoms in total. The van der Waals surface area contributed by atoms with Gasteiger partial charge in [-0.05, 0) is 32.0 Å². The molecule has 1 aromatic rings. The van der Waals surface area contributed by atoms with Gasteiger partial charge in [-0.15, -0.1) is 0 Å². The highest BCUT2D eigenvalue weighted by Gasteiger charge is 2.13. The maximum Gasteiger partial charge on any atom is 0.129 e. The number of benzene rings is 1. The number of nitrogens with one attached hydrogen (secondary N) is 1. The fraction of sp³-hybridized carbons (Fsp3) is 0.455. The Labute approximate surface area is 89.3 Å². The second-order valence-electron chi connectivity index (χ2n) is 3.31. The number of hydrogen-bond acceptors (Lipinski definition) is 1. The topological polar surface area (TPSA) is 12.0 Å². The molecule has 14 heavy (non-hydrogen) atoms. The van der Waals surface area contributed by atoms with E-state index in [1.54, 1.807) is 12.1 Å². The third kappa shape index (κ3) is 2.69. The van der Waals surface area contributed by atoms with E-state index in [-0.39, 0.29) is 11.9 Å². The average Bonchev–Trinajstić information content (AvgIpc) is 2.14. The molecule has 3 heteroatoms. The maximum absolute atomic E-state index is 13.4. The van der Waals surface area contributed by atoms with Crippen molar-refractivity contribution in [3.63, 3.8) is 0 Å². The molecule has 1 rings (SSSR count). The van der Waals surface area contributed by atoms with Gasteiger partial charge in [-0.25, -0.2) is 4.39 Å². The predicted molar refractivity (Wildman–Crippen MR) is 58.1 cm³/mol. The second kappa shape index (κ2) is 5.32. The van der Waals surface area contributed by atoms with Crippen molar-refractivity contribution in [1.29, 1.82) is 0 Å². The van der Waals surface area contributed by atoms with E-state index in [0.29, 0.717) is 10.6 Å². The van der Waals surface area contributed by atoms with E-state index >= 15 is 0 Å². The molecule has 1 N–H and O–H groups in total. The van der Waals surface area contributed by atoms with E-state index in [9.17, 15) is 4.39 Å². The lowest BCUT2D eigenvalue weighted by atomic mass is 10.1. The molecule has 0 aliphatic rings. The predicted octanol–water partition coefficient (Wildman–Crippen LogP) is 3.54. The Bertz CT molecular complexity index is 281. The molecule has 78 valence electrons. The Kier molecular flexibility index (Phi) is 4.36. The molecule has 0 radical (unpaired) electrons.